The number of amides is 2. The Bertz CT molecular complexity index is 1170. The van der Waals surface area contributed by atoms with Crippen LogP contribution in [0.15, 0.2) is 60.7 Å². The third kappa shape index (κ3) is 5.36. The molecule has 2 N–H and O–H groups in total. The van der Waals surface area contributed by atoms with Crippen LogP contribution in [-0.4, -0.2) is 25.0 Å². The van der Waals surface area contributed by atoms with Crippen LogP contribution in [0.4, 0.5) is 15.8 Å². The number of nitrogens with one attached hydrogen (secondary N) is 2. The second-order valence-electron chi connectivity index (χ2n) is 7.23. The van der Waals surface area contributed by atoms with Gasteiger partial charge in [0.15, 0.2) is 11.5 Å². The van der Waals surface area contributed by atoms with E-state index in [0.29, 0.717) is 52.2 Å². The Morgan fingerprint density at radius 2 is 1.69 bits per heavy atom. The molecule has 6 nitrogen and oxygen atoms in total. The van der Waals surface area contributed by atoms with E-state index in [4.69, 9.17) is 21.1 Å². The van der Waals surface area contributed by atoms with Crippen molar-refractivity contribution in [2.75, 3.05) is 23.8 Å². The lowest BCUT2D eigenvalue weighted by molar-refractivity contribution is -0.115. The SMILES string of the molecule is O=C(Cc1cc(Cl)c2c(c1)OCCCO2)Nc1cccc(C(=O)Nc2cccc(F)c2)c1. The lowest BCUT2D eigenvalue weighted by Gasteiger charge is -2.12. The van der Waals surface area contributed by atoms with Crippen LogP contribution in [-0.2, 0) is 11.2 Å². The maximum absolute atomic E-state index is 13.3. The van der Waals surface area contributed by atoms with Crippen molar-refractivity contribution < 1.29 is 23.5 Å². The van der Waals surface area contributed by atoms with Crippen molar-refractivity contribution in [1.29, 1.82) is 0 Å². The van der Waals surface area contributed by atoms with Crippen molar-refractivity contribution in [1.82, 2.24) is 0 Å². The first-order valence-corrected chi connectivity index (χ1v) is 10.4. The first-order valence-electron chi connectivity index (χ1n) is 10.0. The molecule has 164 valence electrons. The third-order valence-corrected chi connectivity index (χ3v) is 5.00. The van der Waals surface area contributed by atoms with Crippen LogP contribution >= 0.6 is 11.6 Å². The van der Waals surface area contributed by atoms with Gasteiger partial charge in [-0.2, -0.15) is 0 Å². The molecule has 0 aromatic heterocycles. The number of hydrogen-bond acceptors (Lipinski definition) is 4. The van der Waals surface area contributed by atoms with Gasteiger partial charge in [-0.05, 0) is 54.1 Å². The number of rotatable bonds is 5. The quantitative estimate of drug-likeness (QED) is 0.564. The summed E-state index contributed by atoms with van der Waals surface area (Å²) in [5, 5.41) is 5.80. The van der Waals surface area contributed by atoms with E-state index in [0.717, 1.165) is 6.42 Å². The van der Waals surface area contributed by atoms with Gasteiger partial charge in [0, 0.05) is 23.4 Å². The van der Waals surface area contributed by atoms with Gasteiger partial charge < -0.3 is 20.1 Å². The van der Waals surface area contributed by atoms with E-state index in [1.165, 1.54) is 18.2 Å². The number of fused-ring (bicyclic) bond motifs is 1. The van der Waals surface area contributed by atoms with Crippen LogP contribution in [0.25, 0.3) is 0 Å². The van der Waals surface area contributed by atoms with Gasteiger partial charge in [-0.1, -0.05) is 23.7 Å². The van der Waals surface area contributed by atoms with Crippen LogP contribution in [0.5, 0.6) is 11.5 Å². The number of halogens is 2. The molecule has 0 saturated carbocycles. The van der Waals surface area contributed by atoms with Crippen LogP contribution in [0.1, 0.15) is 22.3 Å². The Morgan fingerprint density at radius 3 is 2.50 bits per heavy atom. The van der Waals surface area contributed by atoms with Gasteiger partial charge in [-0.25, -0.2) is 4.39 Å². The highest BCUT2D eigenvalue weighted by Crippen LogP contribution is 2.38. The molecule has 1 aliphatic heterocycles. The molecule has 0 saturated heterocycles. The summed E-state index contributed by atoms with van der Waals surface area (Å²) in [7, 11) is 0. The molecule has 4 rings (SSSR count). The predicted molar refractivity (Wildman–Crippen MR) is 120 cm³/mol. The Kier molecular flexibility index (Phi) is 6.56. The number of carbonyl (C=O) groups excluding carboxylic acids is 2. The number of hydrogen-bond donors (Lipinski definition) is 2. The zero-order valence-corrected chi connectivity index (χ0v) is 17.7. The maximum atomic E-state index is 13.3. The van der Waals surface area contributed by atoms with Crippen molar-refractivity contribution in [2.24, 2.45) is 0 Å². The lowest BCUT2D eigenvalue weighted by atomic mass is 10.1. The summed E-state index contributed by atoms with van der Waals surface area (Å²) >= 11 is 6.29. The Labute approximate surface area is 189 Å². The Hall–Kier alpha value is -3.58. The summed E-state index contributed by atoms with van der Waals surface area (Å²) in [6, 6.07) is 15.5. The summed E-state index contributed by atoms with van der Waals surface area (Å²) < 4.78 is 24.6. The third-order valence-electron chi connectivity index (χ3n) is 4.72. The van der Waals surface area contributed by atoms with Gasteiger partial charge >= 0.3 is 0 Å². The molecule has 3 aromatic carbocycles. The van der Waals surface area contributed by atoms with Gasteiger partial charge in [0.05, 0.1) is 24.7 Å². The first-order chi connectivity index (χ1) is 15.5. The van der Waals surface area contributed by atoms with Crippen molar-refractivity contribution in [3.8, 4) is 11.5 Å². The molecule has 3 aromatic rings. The summed E-state index contributed by atoms with van der Waals surface area (Å²) in [4.78, 5) is 25.0. The van der Waals surface area contributed by atoms with E-state index in [1.54, 1.807) is 42.5 Å². The minimum absolute atomic E-state index is 0.0656. The second kappa shape index (κ2) is 9.70. The molecule has 0 atom stereocenters. The molecular weight excluding hydrogens is 435 g/mol. The average Bonchev–Trinajstić information content (AvgIpc) is 3.00. The van der Waals surface area contributed by atoms with Gasteiger partial charge in [-0.15, -0.1) is 0 Å². The van der Waals surface area contributed by atoms with E-state index < -0.39 is 11.7 Å². The fourth-order valence-electron chi connectivity index (χ4n) is 3.28. The van der Waals surface area contributed by atoms with Gasteiger partial charge in [0.25, 0.3) is 5.91 Å². The molecule has 0 bridgehead atoms. The lowest BCUT2D eigenvalue weighted by Crippen LogP contribution is -2.16. The molecule has 1 heterocycles. The van der Waals surface area contributed by atoms with E-state index >= 15 is 0 Å². The Morgan fingerprint density at radius 1 is 0.938 bits per heavy atom. The average molecular weight is 455 g/mol. The molecule has 0 fully saturated rings. The largest absolute Gasteiger partial charge is 0.489 e. The normalized spacial score (nSPS) is 12.6. The first kappa shape index (κ1) is 21.6. The van der Waals surface area contributed by atoms with Crippen LogP contribution in [0.3, 0.4) is 0 Å². The molecular formula is C24H20ClFN2O4. The minimum atomic E-state index is -0.446. The topological polar surface area (TPSA) is 76.7 Å². The van der Waals surface area contributed by atoms with Crippen LogP contribution in [0.2, 0.25) is 5.02 Å². The van der Waals surface area contributed by atoms with Crippen molar-refractivity contribution >= 4 is 34.8 Å². The molecule has 0 unspecified atom stereocenters. The molecule has 1 aliphatic rings. The zero-order chi connectivity index (χ0) is 22.5. The summed E-state index contributed by atoms with van der Waals surface area (Å²) in [5.41, 5.74) is 1.81. The van der Waals surface area contributed by atoms with E-state index in [1.807, 2.05) is 0 Å². The minimum Gasteiger partial charge on any atom is -0.489 e. The molecule has 0 aliphatic carbocycles. The van der Waals surface area contributed by atoms with Crippen LogP contribution in [0, 0.1) is 5.82 Å². The number of ether oxygens (including phenoxy) is 2. The molecule has 2 amide bonds. The van der Waals surface area contributed by atoms with Gasteiger partial charge in [0.2, 0.25) is 5.91 Å². The maximum Gasteiger partial charge on any atom is 0.255 e. The van der Waals surface area contributed by atoms with Crippen molar-refractivity contribution in [3.05, 3.63) is 82.6 Å². The highest BCUT2D eigenvalue weighted by atomic mass is 35.5. The number of carbonyl (C=O) groups is 2. The Balaban J connectivity index is 1.42. The van der Waals surface area contributed by atoms with E-state index in [2.05, 4.69) is 10.6 Å². The number of anilines is 2. The molecule has 32 heavy (non-hydrogen) atoms. The number of benzene rings is 3. The van der Waals surface area contributed by atoms with Crippen LogP contribution < -0.4 is 20.1 Å². The van der Waals surface area contributed by atoms with E-state index in [-0.39, 0.29) is 12.3 Å². The highest BCUT2D eigenvalue weighted by molar-refractivity contribution is 6.32. The predicted octanol–water partition coefficient (Wildman–Crippen LogP) is 5.07. The smallest absolute Gasteiger partial charge is 0.255 e. The fourth-order valence-corrected chi connectivity index (χ4v) is 3.57. The monoisotopic (exact) mass is 454 g/mol. The van der Waals surface area contributed by atoms with Gasteiger partial charge in [-0.3, -0.25) is 9.59 Å². The van der Waals surface area contributed by atoms with Gasteiger partial charge in [0.1, 0.15) is 5.82 Å². The fraction of sp³-hybridized carbons (Fsp3) is 0.167. The summed E-state index contributed by atoms with van der Waals surface area (Å²) in [6.07, 6.45) is 0.819. The van der Waals surface area contributed by atoms with Crippen molar-refractivity contribution in [3.63, 3.8) is 0 Å². The standard InChI is InChI=1S/C24H20ClFN2O4/c25-20-10-15(11-21-23(20)32-9-3-8-31-21)12-22(29)27-18-6-1-4-16(13-18)24(30)28-19-7-2-5-17(26)14-19/h1-2,4-7,10-11,13-14H,3,8-9,12H2,(H,27,29)(H,28,30). The van der Waals surface area contributed by atoms with Crippen molar-refractivity contribution in [2.45, 2.75) is 12.8 Å². The summed E-state index contributed by atoms with van der Waals surface area (Å²) in [5.74, 6) is -0.127. The summed E-state index contributed by atoms with van der Waals surface area (Å²) in [6.45, 7) is 1.04. The molecule has 8 heteroatoms. The highest BCUT2D eigenvalue weighted by Gasteiger charge is 2.17. The van der Waals surface area contributed by atoms with E-state index in [9.17, 15) is 14.0 Å². The second-order valence-corrected chi connectivity index (χ2v) is 7.63. The molecule has 0 radical (unpaired) electrons. The zero-order valence-electron chi connectivity index (χ0n) is 17.0. The molecule has 0 spiro atoms.